The summed E-state index contributed by atoms with van der Waals surface area (Å²) in [6.45, 7) is 11.4. The molecule has 0 aliphatic rings. The van der Waals surface area contributed by atoms with Crippen LogP contribution >= 0.6 is 24.0 Å². The van der Waals surface area contributed by atoms with Crippen molar-refractivity contribution < 1.29 is 0 Å². The number of nitrogens with zero attached hydrogens (tertiary/aromatic N) is 1. The van der Waals surface area contributed by atoms with Gasteiger partial charge in [0.15, 0.2) is 0 Å². The summed E-state index contributed by atoms with van der Waals surface area (Å²) in [5, 5.41) is 0. The number of unbranched alkanes of at least 4 members (excludes halogenated alkanes) is 4. The van der Waals surface area contributed by atoms with Crippen molar-refractivity contribution >= 4 is 28.3 Å². The molecule has 0 aliphatic heterocycles. The molecule has 0 heterocycles. The van der Waals surface area contributed by atoms with Crippen molar-refractivity contribution in [1.82, 2.24) is 4.90 Å². The van der Waals surface area contributed by atoms with Gasteiger partial charge < -0.3 is 4.90 Å². The van der Waals surface area contributed by atoms with Crippen molar-refractivity contribution in [3.63, 3.8) is 0 Å². The van der Waals surface area contributed by atoms with Crippen LogP contribution in [0.3, 0.4) is 0 Å². The lowest BCUT2D eigenvalue weighted by molar-refractivity contribution is 0.410. The van der Waals surface area contributed by atoms with Crippen LogP contribution in [0.15, 0.2) is 0 Å². The van der Waals surface area contributed by atoms with E-state index >= 15 is 0 Å². The molecule has 0 rings (SSSR count). The van der Waals surface area contributed by atoms with Crippen LogP contribution in [0, 0.1) is 5.92 Å². The van der Waals surface area contributed by atoms with Crippen LogP contribution in [0.5, 0.6) is 0 Å². The Morgan fingerprint density at radius 3 is 2.05 bits per heavy atom. The van der Waals surface area contributed by atoms with Crippen molar-refractivity contribution in [1.29, 1.82) is 0 Å². The largest absolute Gasteiger partial charge is 0.358 e. The van der Waals surface area contributed by atoms with Crippen LogP contribution in [0.2, 0.25) is 0 Å². The van der Waals surface area contributed by atoms with Crippen LogP contribution in [-0.2, 0) is 0 Å². The van der Waals surface area contributed by atoms with Gasteiger partial charge in [0, 0.05) is 18.8 Å². The van der Waals surface area contributed by atoms with Crippen molar-refractivity contribution in [2.45, 2.75) is 79.1 Å². The molecule has 0 aromatic rings. The zero-order valence-corrected chi connectivity index (χ0v) is 15.8. The van der Waals surface area contributed by atoms with Gasteiger partial charge in [0.1, 0.15) is 4.32 Å². The lowest BCUT2D eigenvalue weighted by Crippen LogP contribution is -2.29. The summed E-state index contributed by atoms with van der Waals surface area (Å²) in [6.07, 6.45) is 10.5. The first kappa shape index (κ1) is 20.2. The monoisotopic (exact) mass is 317 g/mol. The second-order valence-corrected chi connectivity index (χ2v) is 7.78. The van der Waals surface area contributed by atoms with E-state index in [1.807, 2.05) is 11.8 Å². The fourth-order valence-electron chi connectivity index (χ4n) is 2.07. The number of thioether (sulfide) groups is 1. The van der Waals surface area contributed by atoms with Crippen molar-refractivity contribution in [3.8, 4) is 0 Å². The summed E-state index contributed by atoms with van der Waals surface area (Å²) in [5.41, 5.74) is 0. The molecule has 0 spiro atoms. The molecule has 0 N–H and O–H groups in total. The molecule has 0 radical (unpaired) electrons. The van der Waals surface area contributed by atoms with Gasteiger partial charge in [-0.15, -0.1) is 0 Å². The van der Waals surface area contributed by atoms with Crippen LogP contribution in [-0.4, -0.2) is 28.1 Å². The van der Waals surface area contributed by atoms with E-state index in [9.17, 15) is 0 Å². The average molecular weight is 318 g/mol. The van der Waals surface area contributed by atoms with E-state index in [2.05, 4.69) is 32.6 Å². The first-order valence-corrected chi connectivity index (χ1v) is 9.92. The highest BCUT2D eigenvalue weighted by Crippen LogP contribution is 2.16. The summed E-state index contributed by atoms with van der Waals surface area (Å²) >= 11 is 7.51. The van der Waals surface area contributed by atoms with E-state index in [1.165, 1.54) is 57.1 Å². The maximum atomic E-state index is 5.61. The Morgan fingerprint density at radius 2 is 1.55 bits per heavy atom. The Balaban J connectivity index is 3.76. The molecule has 3 heteroatoms. The molecule has 0 aromatic heterocycles. The highest BCUT2D eigenvalue weighted by molar-refractivity contribution is 8.22. The van der Waals surface area contributed by atoms with Crippen molar-refractivity contribution in [2.24, 2.45) is 5.92 Å². The predicted molar refractivity (Wildman–Crippen MR) is 99.8 cm³/mol. The van der Waals surface area contributed by atoms with E-state index in [-0.39, 0.29) is 0 Å². The van der Waals surface area contributed by atoms with E-state index in [0.29, 0.717) is 0 Å². The highest BCUT2D eigenvalue weighted by atomic mass is 32.2. The third kappa shape index (κ3) is 12.0. The second kappa shape index (κ2) is 14.2. The molecule has 1 nitrogen and oxygen atoms in total. The molecule has 0 saturated heterocycles. The molecule has 20 heavy (non-hydrogen) atoms. The first-order valence-electron chi connectivity index (χ1n) is 8.53. The van der Waals surface area contributed by atoms with Crippen molar-refractivity contribution in [3.05, 3.63) is 0 Å². The highest BCUT2D eigenvalue weighted by Gasteiger charge is 2.08. The van der Waals surface area contributed by atoms with Gasteiger partial charge in [-0.2, -0.15) is 0 Å². The number of rotatable bonds is 12. The van der Waals surface area contributed by atoms with Gasteiger partial charge in [-0.3, -0.25) is 0 Å². The number of hydrogen-bond acceptors (Lipinski definition) is 2. The average Bonchev–Trinajstić information content (AvgIpc) is 2.42. The van der Waals surface area contributed by atoms with E-state index < -0.39 is 0 Å². The maximum Gasteiger partial charge on any atom is 0.136 e. The normalized spacial score (nSPS) is 11.1. The second-order valence-electron chi connectivity index (χ2n) is 6.05. The van der Waals surface area contributed by atoms with Crippen LogP contribution in [0.25, 0.3) is 0 Å². The van der Waals surface area contributed by atoms with Gasteiger partial charge >= 0.3 is 0 Å². The fourth-order valence-corrected chi connectivity index (χ4v) is 3.40. The molecule has 0 fully saturated rings. The molecule has 0 aromatic carbocycles. The van der Waals surface area contributed by atoms with Crippen LogP contribution in [0.1, 0.15) is 79.1 Å². The fraction of sp³-hybridized carbons (Fsp3) is 0.941. The zero-order chi connectivity index (χ0) is 15.2. The standard InChI is InChI=1S/C17H35NS2/c1-5-7-13-18(14-8-6-2)17(19)20-15-11-9-10-12-16(3)4/h16H,5-15H2,1-4H3. The Bertz CT molecular complexity index is 221. The smallest absolute Gasteiger partial charge is 0.136 e. The molecular weight excluding hydrogens is 282 g/mol. The first-order chi connectivity index (χ1) is 9.61. The third-order valence-corrected chi connectivity index (χ3v) is 5.08. The Kier molecular flexibility index (Phi) is 14.4. The SMILES string of the molecule is CCCCN(CCCC)C(=S)SCCCCCC(C)C. The van der Waals surface area contributed by atoms with Crippen molar-refractivity contribution in [2.75, 3.05) is 18.8 Å². The minimum Gasteiger partial charge on any atom is -0.358 e. The minimum atomic E-state index is 0.849. The topological polar surface area (TPSA) is 3.24 Å². The number of thiocarbonyl (C=S) groups is 1. The molecule has 0 aliphatic carbocycles. The summed E-state index contributed by atoms with van der Waals surface area (Å²) in [5.74, 6) is 2.05. The van der Waals surface area contributed by atoms with Crippen LogP contribution in [0.4, 0.5) is 0 Å². The summed E-state index contributed by atoms with van der Waals surface area (Å²) in [6, 6.07) is 0. The van der Waals surface area contributed by atoms with E-state index in [1.54, 1.807) is 0 Å². The Labute approximate surface area is 137 Å². The van der Waals surface area contributed by atoms with Gasteiger partial charge in [-0.05, 0) is 25.2 Å². The quantitative estimate of drug-likeness (QED) is 0.315. The van der Waals surface area contributed by atoms with Gasteiger partial charge in [-0.25, -0.2) is 0 Å². The maximum absolute atomic E-state index is 5.61. The summed E-state index contributed by atoms with van der Waals surface area (Å²) in [4.78, 5) is 2.43. The molecule has 0 saturated carbocycles. The van der Waals surface area contributed by atoms with Gasteiger partial charge in [-0.1, -0.05) is 83.8 Å². The summed E-state index contributed by atoms with van der Waals surface area (Å²) < 4.78 is 1.13. The van der Waals surface area contributed by atoms with E-state index in [4.69, 9.17) is 12.2 Å². The lowest BCUT2D eigenvalue weighted by atomic mass is 10.1. The molecular formula is C17H35NS2. The van der Waals surface area contributed by atoms with Gasteiger partial charge in [0.05, 0.1) is 0 Å². The lowest BCUT2D eigenvalue weighted by Gasteiger charge is -2.24. The molecule has 0 amide bonds. The van der Waals surface area contributed by atoms with E-state index in [0.717, 1.165) is 23.3 Å². The molecule has 0 unspecified atom stereocenters. The minimum absolute atomic E-state index is 0.849. The van der Waals surface area contributed by atoms with Gasteiger partial charge in [0.25, 0.3) is 0 Å². The van der Waals surface area contributed by atoms with Gasteiger partial charge in [0.2, 0.25) is 0 Å². The number of hydrogen-bond donors (Lipinski definition) is 0. The Hall–Kier alpha value is 0.240. The summed E-state index contributed by atoms with van der Waals surface area (Å²) in [7, 11) is 0. The Morgan fingerprint density at radius 1 is 0.950 bits per heavy atom. The zero-order valence-electron chi connectivity index (χ0n) is 14.1. The molecule has 0 atom stereocenters. The third-order valence-electron chi connectivity index (χ3n) is 3.47. The molecule has 0 bridgehead atoms. The predicted octanol–water partition coefficient (Wildman–Crippen LogP) is 6.12. The van der Waals surface area contributed by atoms with Crippen LogP contribution < -0.4 is 0 Å². The molecule has 120 valence electrons.